The van der Waals surface area contributed by atoms with E-state index >= 15 is 0 Å². The second-order valence-corrected chi connectivity index (χ2v) is 7.46. The quantitative estimate of drug-likeness (QED) is 0.719. The maximum Gasteiger partial charge on any atom is 0.252 e. The summed E-state index contributed by atoms with van der Waals surface area (Å²) in [5, 5.41) is 11.8. The van der Waals surface area contributed by atoms with Crippen LogP contribution in [0.5, 0.6) is 0 Å². The Balaban J connectivity index is 1.82. The molecule has 0 aliphatic carbocycles. The number of nitrogens with zero attached hydrogens (tertiary/aromatic N) is 3. The Bertz CT molecular complexity index is 859. The molecule has 1 N–H and O–H groups in total. The lowest BCUT2D eigenvalue weighted by Gasteiger charge is -2.15. The number of aromatic nitrogens is 3. The van der Waals surface area contributed by atoms with E-state index in [0.717, 1.165) is 10.5 Å². The fourth-order valence-corrected chi connectivity index (χ4v) is 3.46. The minimum Gasteiger partial charge on any atom is -0.342 e. The van der Waals surface area contributed by atoms with Crippen LogP contribution < -0.4 is 5.32 Å². The molecule has 2 heterocycles. The van der Waals surface area contributed by atoms with Gasteiger partial charge >= 0.3 is 0 Å². The van der Waals surface area contributed by atoms with E-state index in [2.05, 4.69) is 29.4 Å². The van der Waals surface area contributed by atoms with Gasteiger partial charge in [-0.3, -0.25) is 9.20 Å². The number of thioether (sulfide) groups is 1. The highest BCUT2D eigenvalue weighted by Gasteiger charge is 2.18. The van der Waals surface area contributed by atoms with Crippen molar-refractivity contribution in [3.8, 4) is 0 Å². The van der Waals surface area contributed by atoms with Gasteiger partial charge in [-0.1, -0.05) is 32.0 Å². The van der Waals surface area contributed by atoms with E-state index in [1.807, 2.05) is 60.0 Å². The first-order valence-corrected chi connectivity index (χ1v) is 8.80. The fraction of sp³-hybridized carbons (Fsp3) is 0.278. The Morgan fingerprint density at radius 3 is 2.62 bits per heavy atom. The molecule has 5 nitrogen and oxygen atoms in total. The highest BCUT2D eigenvalue weighted by atomic mass is 32.2. The fourth-order valence-electron chi connectivity index (χ4n) is 2.51. The van der Waals surface area contributed by atoms with E-state index in [0.29, 0.717) is 16.6 Å². The van der Waals surface area contributed by atoms with Crippen LogP contribution in [0.15, 0.2) is 53.6 Å². The van der Waals surface area contributed by atoms with Gasteiger partial charge in [0.05, 0.1) is 11.6 Å². The number of hydrogen-bond donors (Lipinski definition) is 1. The number of hydrogen-bond acceptors (Lipinski definition) is 4. The van der Waals surface area contributed by atoms with Crippen molar-refractivity contribution in [1.29, 1.82) is 0 Å². The standard InChI is InChI=1S/C18H20N4OS/c1-12(2)24-15-9-5-4-8-14(15)18(23)19-13(3)17-21-20-16-10-6-7-11-22(16)17/h4-13H,1-3H3,(H,19,23). The van der Waals surface area contributed by atoms with Gasteiger partial charge in [0.25, 0.3) is 5.91 Å². The Morgan fingerprint density at radius 2 is 1.83 bits per heavy atom. The van der Waals surface area contributed by atoms with Crippen molar-refractivity contribution in [2.75, 3.05) is 0 Å². The van der Waals surface area contributed by atoms with Crippen molar-refractivity contribution < 1.29 is 4.79 Å². The summed E-state index contributed by atoms with van der Waals surface area (Å²) in [5.41, 5.74) is 1.46. The largest absolute Gasteiger partial charge is 0.342 e. The molecular formula is C18H20N4OS. The van der Waals surface area contributed by atoms with Crippen molar-refractivity contribution in [3.63, 3.8) is 0 Å². The second kappa shape index (κ2) is 7.05. The summed E-state index contributed by atoms with van der Waals surface area (Å²) >= 11 is 1.69. The third-order valence-electron chi connectivity index (χ3n) is 3.57. The number of carbonyl (C=O) groups excluding carboxylic acids is 1. The first-order chi connectivity index (χ1) is 11.6. The minimum absolute atomic E-state index is 0.0982. The molecule has 3 rings (SSSR count). The Hall–Kier alpha value is -2.34. The van der Waals surface area contributed by atoms with Gasteiger partial charge in [-0.15, -0.1) is 22.0 Å². The molecule has 0 aliphatic heterocycles. The lowest BCUT2D eigenvalue weighted by Crippen LogP contribution is -2.28. The van der Waals surface area contributed by atoms with Gasteiger partial charge in [0.15, 0.2) is 11.5 Å². The van der Waals surface area contributed by atoms with Gasteiger partial charge in [0, 0.05) is 16.3 Å². The maximum absolute atomic E-state index is 12.7. The van der Waals surface area contributed by atoms with Gasteiger partial charge < -0.3 is 5.32 Å². The molecule has 1 amide bonds. The Morgan fingerprint density at radius 1 is 1.08 bits per heavy atom. The summed E-state index contributed by atoms with van der Waals surface area (Å²) in [5.74, 6) is 0.617. The van der Waals surface area contributed by atoms with Crippen molar-refractivity contribution in [2.24, 2.45) is 0 Å². The highest BCUT2D eigenvalue weighted by molar-refractivity contribution is 8.00. The van der Waals surface area contributed by atoms with Crippen molar-refractivity contribution in [1.82, 2.24) is 19.9 Å². The Kier molecular flexibility index (Phi) is 4.85. The summed E-state index contributed by atoms with van der Waals surface area (Å²) in [6, 6.07) is 13.2. The summed E-state index contributed by atoms with van der Waals surface area (Å²) < 4.78 is 1.89. The van der Waals surface area contributed by atoms with Crippen molar-refractivity contribution >= 4 is 23.3 Å². The van der Waals surface area contributed by atoms with Crippen LogP contribution in [-0.4, -0.2) is 25.8 Å². The van der Waals surface area contributed by atoms with Crippen molar-refractivity contribution in [2.45, 2.75) is 37.0 Å². The van der Waals surface area contributed by atoms with Crippen LogP contribution in [-0.2, 0) is 0 Å². The predicted molar refractivity (Wildman–Crippen MR) is 96.3 cm³/mol. The molecule has 124 valence electrons. The number of amides is 1. The molecule has 2 aromatic heterocycles. The second-order valence-electron chi connectivity index (χ2n) is 5.84. The molecule has 0 radical (unpaired) electrons. The number of rotatable bonds is 5. The molecule has 0 aliphatic rings. The van der Waals surface area contributed by atoms with Crippen molar-refractivity contribution in [3.05, 3.63) is 60.0 Å². The summed E-state index contributed by atoms with van der Waals surface area (Å²) in [6.45, 7) is 6.15. The first-order valence-electron chi connectivity index (χ1n) is 7.92. The van der Waals surface area contributed by atoms with E-state index in [1.165, 1.54) is 0 Å². The molecule has 0 bridgehead atoms. The normalized spacial score (nSPS) is 12.5. The molecule has 0 spiro atoms. The van der Waals surface area contributed by atoms with E-state index in [-0.39, 0.29) is 11.9 Å². The zero-order valence-corrected chi connectivity index (χ0v) is 14.7. The molecule has 24 heavy (non-hydrogen) atoms. The van der Waals surface area contributed by atoms with Gasteiger partial charge in [-0.2, -0.15) is 0 Å². The van der Waals surface area contributed by atoms with Gasteiger partial charge in [0.1, 0.15) is 0 Å². The minimum atomic E-state index is -0.244. The van der Waals surface area contributed by atoms with Crippen LogP contribution in [0, 0.1) is 0 Å². The van der Waals surface area contributed by atoms with Crippen LogP contribution in [0.3, 0.4) is 0 Å². The SMILES string of the molecule is CC(C)Sc1ccccc1C(=O)NC(C)c1nnc2ccccn12. The number of pyridine rings is 1. The van der Waals surface area contributed by atoms with Crippen LogP contribution in [0.25, 0.3) is 5.65 Å². The van der Waals surface area contributed by atoms with E-state index < -0.39 is 0 Å². The average Bonchev–Trinajstić information content (AvgIpc) is 2.98. The number of nitrogens with one attached hydrogen (secondary N) is 1. The zero-order chi connectivity index (χ0) is 17.1. The number of fused-ring (bicyclic) bond motifs is 1. The average molecular weight is 340 g/mol. The van der Waals surface area contributed by atoms with E-state index in [1.54, 1.807) is 11.8 Å². The van der Waals surface area contributed by atoms with E-state index in [4.69, 9.17) is 0 Å². The summed E-state index contributed by atoms with van der Waals surface area (Å²) in [7, 11) is 0. The van der Waals surface area contributed by atoms with Crippen LogP contribution in [0.4, 0.5) is 0 Å². The number of carbonyl (C=O) groups is 1. The topological polar surface area (TPSA) is 59.3 Å². The Labute approximate surface area is 145 Å². The molecule has 3 aromatic rings. The summed E-state index contributed by atoms with van der Waals surface area (Å²) in [6.07, 6.45) is 1.90. The maximum atomic E-state index is 12.7. The molecule has 0 saturated heterocycles. The highest BCUT2D eigenvalue weighted by Crippen LogP contribution is 2.27. The molecular weight excluding hydrogens is 320 g/mol. The lowest BCUT2D eigenvalue weighted by molar-refractivity contribution is 0.0935. The van der Waals surface area contributed by atoms with Crippen LogP contribution in [0.2, 0.25) is 0 Å². The molecule has 0 fully saturated rings. The van der Waals surface area contributed by atoms with Gasteiger partial charge in [-0.25, -0.2) is 0 Å². The first kappa shape index (κ1) is 16.5. The lowest BCUT2D eigenvalue weighted by atomic mass is 10.2. The van der Waals surface area contributed by atoms with Crippen LogP contribution in [0.1, 0.15) is 43.0 Å². The molecule has 0 saturated carbocycles. The zero-order valence-electron chi connectivity index (χ0n) is 13.9. The summed E-state index contributed by atoms with van der Waals surface area (Å²) in [4.78, 5) is 13.7. The molecule has 1 aromatic carbocycles. The van der Waals surface area contributed by atoms with Gasteiger partial charge in [-0.05, 0) is 31.2 Å². The van der Waals surface area contributed by atoms with Crippen LogP contribution >= 0.6 is 11.8 Å². The monoisotopic (exact) mass is 340 g/mol. The molecule has 1 atom stereocenters. The van der Waals surface area contributed by atoms with E-state index in [9.17, 15) is 4.79 Å². The number of benzene rings is 1. The third-order valence-corrected chi connectivity index (χ3v) is 4.65. The van der Waals surface area contributed by atoms with Gasteiger partial charge in [0.2, 0.25) is 0 Å². The molecule has 1 unspecified atom stereocenters. The smallest absolute Gasteiger partial charge is 0.252 e. The predicted octanol–water partition coefficient (Wildman–Crippen LogP) is 3.72. The third kappa shape index (κ3) is 3.43. The molecule has 6 heteroatoms.